The standard InChI is InChI=1S/C14H22N4O7/c1-3-6(2)9(15)13(22)24-5-7-10(20)11(21)12(25-7)18-14(23)17-8(19)4-16-18/h4,6-7,9-12,20-21H,3,5,15H2,1-2H3,(H,17,19,23)/t6-,7?,9+,10?,11?,12?/m0/s1. The second kappa shape index (κ2) is 7.87. The van der Waals surface area contributed by atoms with Crippen molar-refractivity contribution in [3.05, 3.63) is 27.0 Å². The number of nitrogens with two attached hydrogens (primary N) is 1. The molecule has 1 aliphatic rings. The molecular weight excluding hydrogens is 336 g/mol. The van der Waals surface area contributed by atoms with Gasteiger partial charge in [-0.25, -0.2) is 4.79 Å². The fourth-order valence-corrected chi connectivity index (χ4v) is 2.36. The zero-order valence-corrected chi connectivity index (χ0v) is 13.9. The van der Waals surface area contributed by atoms with Gasteiger partial charge in [-0.3, -0.25) is 14.6 Å². The second-order valence-electron chi connectivity index (χ2n) is 5.97. The van der Waals surface area contributed by atoms with Crippen molar-refractivity contribution in [3.8, 4) is 0 Å². The van der Waals surface area contributed by atoms with Crippen molar-refractivity contribution in [1.82, 2.24) is 14.8 Å². The van der Waals surface area contributed by atoms with E-state index in [-0.39, 0.29) is 12.5 Å². The third-order valence-electron chi connectivity index (χ3n) is 4.23. The number of H-pyrrole nitrogens is 1. The molecule has 1 saturated heterocycles. The van der Waals surface area contributed by atoms with E-state index in [9.17, 15) is 24.6 Å². The molecule has 0 spiro atoms. The largest absolute Gasteiger partial charge is 0.462 e. The van der Waals surface area contributed by atoms with E-state index in [1.807, 2.05) is 11.9 Å². The molecule has 1 aliphatic heterocycles. The van der Waals surface area contributed by atoms with E-state index >= 15 is 0 Å². The summed E-state index contributed by atoms with van der Waals surface area (Å²) in [6.45, 7) is 3.34. The highest BCUT2D eigenvalue weighted by Crippen LogP contribution is 2.28. The molecular formula is C14H22N4O7. The topological polar surface area (TPSA) is 170 Å². The summed E-state index contributed by atoms with van der Waals surface area (Å²) in [6, 6.07) is -0.812. The van der Waals surface area contributed by atoms with Crippen molar-refractivity contribution in [3.63, 3.8) is 0 Å². The van der Waals surface area contributed by atoms with Gasteiger partial charge < -0.3 is 25.4 Å². The molecule has 11 nitrogen and oxygen atoms in total. The van der Waals surface area contributed by atoms with Crippen LogP contribution in [0.4, 0.5) is 0 Å². The van der Waals surface area contributed by atoms with Crippen LogP contribution in [0.3, 0.4) is 0 Å². The Kier molecular flexibility index (Phi) is 6.06. The van der Waals surface area contributed by atoms with Crippen molar-refractivity contribution in [1.29, 1.82) is 0 Å². The number of aromatic amines is 1. The molecule has 6 atom stereocenters. The van der Waals surface area contributed by atoms with E-state index in [2.05, 4.69) is 5.10 Å². The Balaban J connectivity index is 2.03. The maximum Gasteiger partial charge on any atom is 0.347 e. The lowest BCUT2D eigenvalue weighted by Gasteiger charge is -2.19. The van der Waals surface area contributed by atoms with Crippen molar-refractivity contribution in [2.24, 2.45) is 11.7 Å². The lowest BCUT2D eigenvalue weighted by molar-refractivity contribution is -0.153. The molecule has 0 aromatic carbocycles. The van der Waals surface area contributed by atoms with E-state index in [4.69, 9.17) is 15.2 Å². The SMILES string of the molecule is CC[C@H](C)[C@@H](N)C(=O)OCC1OC(n2ncc(=O)[nH]c2=O)C(O)C1O. The minimum absolute atomic E-state index is 0.0795. The molecule has 0 radical (unpaired) electrons. The monoisotopic (exact) mass is 358 g/mol. The van der Waals surface area contributed by atoms with Gasteiger partial charge in [0.1, 0.15) is 37.2 Å². The van der Waals surface area contributed by atoms with Gasteiger partial charge in [-0.05, 0) is 5.92 Å². The van der Waals surface area contributed by atoms with Gasteiger partial charge in [0.25, 0.3) is 5.56 Å². The van der Waals surface area contributed by atoms with E-state index in [0.717, 1.165) is 6.20 Å². The first-order valence-corrected chi connectivity index (χ1v) is 7.88. The molecule has 11 heteroatoms. The van der Waals surface area contributed by atoms with Crippen LogP contribution in [0.1, 0.15) is 26.5 Å². The average molecular weight is 358 g/mol. The predicted molar refractivity (Wildman–Crippen MR) is 83.4 cm³/mol. The van der Waals surface area contributed by atoms with Crippen LogP contribution < -0.4 is 17.0 Å². The van der Waals surface area contributed by atoms with Crippen LogP contribution in [0.5, 0.6) is 0 Å². The molecule has 1 aromatic rings. The van der Waals surface area contributed by atoms with Gasteiger partial charge in [0, 0.05) is 0 Å². The fraction of sp³-hybridized carbons (Fsp3) is 0.714. The van der Waals surface area contributed by atoms with Crippen LogP contribution in [-0.2, 0) is 14.3 Å². The number of hydrogen-bond acceptors (Lipinski definition) is 9. The summed E-state index contributed by atoms with van der Waals surface area (Å²) >= 11 is 0. The van der Waals surface area contributed by atoms with Crippen LogP contribution >= 0.6 is 0 Å². The molecule has 0 aliphatic carbocycles. The van der Waals surface area contributed by atoms with E-state index in [0.29, 0.717) is 11.1 Å². The summed E-state index contributed by atoms with van der Waals surface area (Å²) in [5, 5.41) is 23.6. The van der Waals surface area contributed by atoms with Crippen molar-refractivity contribution >= 4 is 5.97 Å². The van der Waals surface area contributed by atoms with Gasteiger partial charge in [0.15, 0.2) is 6.23 Å². The summed E-state index contributed by atoms with van der Waals surface area (Å²) in [5.74, 6) is -0.730. The van der Waals surface area contributed by atoms with E-state index in [1.54, 1.807) is 6.92 Å². The number of rotatable bonds is 6. The highest BCUT2D eigenvalue weighted by Gasteiger charge is 2.45. The molecule has 1 fully saturated rings. The summed E-state index contributed by atoms with van der Waals surface area (Å²) in [4.78, 5) is 36.6. The van der Waals surface area contributed by atoms with Crippen molar-refractivity contribution in [2.75, 3.05) is 6.61 Å². The number of carbonyl (C=O) groups is 1. The molecule has 4 unspecified atom stereocenters. The zero-order chi connectivity index (χ0) is 18.7. The number of aliphatic hydroxyl groups excluding tert-OH is 2. The van der Waals surface area contributed by atoms with Crippen LogP contribution in [0.15, 0.2) is 15.8 Å². The maximum absolute atomic E-state index is 11.9. The second-order valence-corrected chi connectivity index (χ2v) is 5.97. The Morgan fingerprint density at radius 2 is 2.16 bits per heavy atom. The number of aromatic nitrogens is 3. The molecule has 0 saturated carbocycles. The normalized spacial score (nSPS) is 28.5. The van der Waals surface area contributed by atoms with Crippen LogP contribution in [-0.4, -0.2) is 61.9 Å². The first-order chi connectivity index (χ1) is 11.8. The maximum atomic E-state index is 11.9. The molecule has 2 rings (SSSR count). The van der Waals surface area contributed by atoms with E-state index in [1.165, 1.54) is 0 Å². The summed E-state index contributed by atoms with van der Waals surface area (Å²) < 4.78 is 11.1. The number of nitrogens with zero attached hydrogens (tertiary/aromatic N) is 2. The van der Waals surface area contributed by atoms with Gasteiger partial charge >= 0.3 is 11.7 Å². The molecule has 0 bridgehead atoms. The average Bonchev–Trinajstić information content (AvgIpc) is 2.86. The highest BCUT2D eigenvalue weighted by atomic mass is 16.6. The highest BCUT2D eigenvalue weighted by molar-refractivity contribution is 5.75. The van der Waals surface area contributed by atoms with Gasteiger partial charge in [-0.2, -0.15) is 9.78 Å². The number of ether oxygens (including phenoxy) is 2. The molecule has 1 aromatic heterocycles. The van der Waals surface area contributed by atoms with Crippen LogP contribution in [0, 0.1) is 5.92 Å². The summed E-state index contributed by atoms with van der Waals surface area (Å²) in [6.07, 6.45) is -3.79. The van der Waals surface area contributed by atoms with E-state index < -0.39 is 47.8 Å². The first kappa shape index (κ1) is 19.2. The Bertz CT molecular complexity index is 718. The smallest absolute Gasteiger partial charge is 0.347 e. The Labute approximate surface area is 142 Å². The van der Waals surface area contributed by atoms with Crippen molar-refractivity contribution in [2.45, 2.75) is 50.8 Å². The van der Waals surface area contributed by atoms with Crippen molar-refractivity contribution < 1.29 is 24.5 Å². The minimum atomic E-state index is -1.50. The number of carbonyl (C=O) groups excluding carboxylic acids is 1. The Hall–Kier alpha value is -2.08. The quantitative estimate of drug-likeness (QED) is 0.400. The third kappa shape index (κ3) is 4.12. The molecule has 2 heterocycles. The predicted octanol–water partition coefficient (Wildman–Crippen LogP) is -2.53. The van der Waals surface area contributed by atoms with Gasteiger partial charge in [0.05, 0.1) is 0 Å². The lowest BCUT2D eigenvalue weighted by Crippen LogP contribution is -2.41. The van der Waals surface area contributed by atoms with Gasteiger partial charge in [-0.1, -0.05) is 20.3 Å². The number of esters is 1. The Morgan fingerprint density at radius 1 is 1.48 bits per heavy atom. The Morgan fingerprint density at radius 3 is 2.76 bits per heavy atom. The third-order valence-corrected chi connectivity index (χ3v) is 4.23. The fourth-order valence-electron chi connectivity index (χ4n) is 2.36. The number of nitrogens with one attached hydrogen (secondary N) is 1. The lowest BCUT2D eigenvalue weighted by atomic mass is 10.0. The molecule has 5 N–H and O–H groups in total. The molecule has 25 heavy (non-hydrogen) atoms. The van der Waals surface area contributed by atoms with Crippen LogP contribution in [0.2, 0.25) is 0 Å². The first-order valence-electron chi connectivity index (χ1n) is 7.88. The summed E-state index contributed by atoms with van der Waals surface area (Å²) in [7, 11) is 0. The minimum Gasteiger partial charge on any atom is -0.462 e. The number of hydrogen-bond donors (Lipinski definition) is 4. The van der Waals surface area contributed by atoms with Crippen LogP contribution in [0.25, 0.3) is 0 Å². The summed E-state index contributed by atoms with van der Waals surface area (Å²) in [5.41, 5.74) is 4.14. The van der Waals surface area contributed by atoms with Gasteiger partial charge in [0.2, 0.25) is 0 Å². The van der Waals surface area contributed by atoms with Gasteiger partial charge in [-0.15, -0.1) is 0 Å². The molecule has 140 valence electrons. The molecule has 0 amide bonds. The zero-order valence-electron chi connectivity index (χ0n) is 13.9. The number of aliphatic hydroxyl groups is 2.